The number of hydrogen-bond acceptors (Lipinski definition) is 5. The van der Waals surface area contributed by atoms with Gasteiger partial charge >= 0.3 is 0 Å². The minimum atomic E-state index is 0.563. The minimum Gasteiger partial charge on any atom is -0.353 e. The van der Waals surface area contributed by atoms with Gasteiger partial charge in [-0.2, -0.15) is 10.4 Å². The van der Waals surface area contributed by atoms with E-state index in [0.717, 1.165) is 32.0 Å². The van der Waals surface area contributed by atoms with Gasteiger partial charge in [-0.05, 0) is 0 Å². The van der Waals surface area contributed by atoms with Crippen LogP contribution in [0.3, 0.4) is 0 Å². The van der Waals surface area contributed by atoms with Crippen molar-refractivity contribution < 1.29 is 0 Å². The third-order valence-electron chi connectivity index (χ3n) is 2.21. The minimum absolute atomic E-state index is 0.563. The van der Waals surface area contributed by atoms with E-state index in [0.29, 0.717) is 5.56 Å². The monoisotopic (exact) mass is 189 g/mol. The number of rotatable bonds is 1. The lowest BCUT2D eigenvalue weighted by molar-refractivity contribution is 0.582. The highest BCUT2D eigenvalue weighted by molar-refractivity contribution is 5.43. The van der Waals surface area contributed by atoms with Gasteiger partial charge in [-0.3, -0.25) is 0 Å². The SMILES string of the molecule is N#Cc1cnnc(N2CCNCC2)c1. The van der Waals surface area contributed by atoms with Crippen LogP contribution in [-0.2, 0) is 0 Å². The van der Waals surface area contributed by atoms with Crippen molar-refractivity contribution >= 4 is 5.82 Å². The molecule has 0 saturated carbocycles. The first-order chi connectivity index (χ1) is 6.90. The van der Waals surface area contributed by atoms with Crippen LogP contribution in [-0.4, -0.2) is 36.4 Å². The van der Waals surface area contributed by atoms with E-state index in [1.54, 1.807) is 6.07 Å². The van der Waals surface area contributed by atoms with Crippen molar-refractivity contribution in [2.45, 2.75) is 0 Å². The molecule has 1 aromatic heterocycles. The molecule has 1 aliphatic heterocycles. The van der Waals surface area contributed by atoms with Crippen molar-refractivity contribution in [2.75, 3.05) is 31.1 Å². The molecule has 5 heteroatoms. The molecule has 5 nitrogen and oxygen atoms in total. The zero-order valence-corrected chi connectivity index (χ0v) is 7.77. The Labute approximate surface area is 82.4 Å². The fraction of sp³-hybridized carbons (Fsp3) is 0.444. The summed E-state index contributed by atoms with van der Waals surface area (Å²) in [5.41, 5.74) is 0.563. The highest BCUT2D eigenvalue weighted by Crippen LogP contribution is 2.10. The van der Waals surface area contributed by atoms with Gasteiger partial charge in [0.15, 0.2) is 5.82 Å². The topological polar surface area (TPSA) is 64.8 Å². The summed E-state index contributed by atoms with van der Waals surface area (Å²) in [6.07, 6.45) is 1.48. The Bertz CT molecular complexity index is 350. The second-order valence-electron chi connectivity index (χ2n) is 3.15. The Morgan fingerprint density at radius 1 is 1.43 bits per heavy atom. The molecule has 1 aromatic rings. The molecule has 0 unspecified atom stereocenters. The molecule has 0 spiro atoms. The summed E-state index contributed by atoms with van der Waals surface area (Å²) in [5.74, 6) is 0.797. The van der Waals surface area contributed by atoms with Gasteiger partial charge in [-0.25, -0.2) is 0 Å². The molecule has 0 aromatic carbocycles. The van der Waals surface area contributed by atoms with E-state index < -0.39 is 0 Å². The van der Waals surface area contributed by atoms with Gasteiger partial charge < -0.3 is 10.2 Å². The van der Waals surface area contributed by atoms with Gasteiger partial charge in [0.25, 0.3) is 0 Å². The molecule has 0 bridgehead atoms. The summed E-state index contributed by atoms with van der Waals surface area (Å²) < 4.78 is 0. The number of nitriles is 1. The Morgan fingerprint density at radius 3 is 2.93 bits per heavy atom. The van der Waals surface area contributed by atoms with Crippen LogP contribution in [0.5, 0.6) is 0 Å². The zero-order chi connectivity index (χ0) is 9.80. The molecule has 1 aliphatic rings. The van der Waals surface area contributed by atoms with E-state index in [1.807, 2.05) is 0 Å². The number of nitrogens with one attached hydrogen (secondary N) is 1. The van der Waals surface area contributed by atoms with Gasteiger partial charge in [-0.1, -0.05) is 0 Å². The largest absolute Gasteiger partial charge is 0.353 e. The van der Waals surface area contributed by atoms with E-state index in [-0.39, 0.29) is 0 Å². The smallest absolute Gasteiger partial charge is 0.152 e. The van der Waals surface area contributed by atoms with E-state index >= 15 is 0 Å². The average Bonchev–Trinajstić information content (AvgIpc) is 2.30. The average molecular weight is 189 g/mol. The highest BCUT2D eigenvalue weighted by Gasteiger charge is 2.11. The summed E-state index contributed by atoms with van der Waals surface area (Å²) in [4.78, 5) is 2.13. The lowest BCUT2D eigenvalue weighted by Gasteiger charge is -2.27. The van der Waals surface area contributed by atoms with Crippen molar-refractivity contribution in [1.82, 2.24) is 15.5 Å². The molecule has 2 heterocycles. The van der Waals surface area contributed by atoms with Gasteiger partial charge in [0.05, 0.1) is 11.8 Å². The Kier molecular flexibility index (Phi) is 2.56. The molecule has 14 heavy (non-hydrogen) atoms. The number of anilines is 1. The maximum atomic E-state index is 8.71. The first kappa shape index (κ1) is 8.91. The number of hydrogen-bond donors (Lipinski definition) is 1. The van der Waals surface area contributed by atoms with Crippen LogP contribution < -0.4 is 10.2 Å². The van der Waals surface area contributed by atoms with Crippen molar-refractivity contribution in [2.24, 2.45) is 0 Å². The molecule has 2 rings (SSSR count). The fourth-order valence-electron chi connectivity index (χ4n) is 1.47. The highest BCUT2D eigenvalue weighted by atomic mass is 15.3. The first-order valence-electron chi connectivity index (χ1n) is 4.58. The van der Waals surface area contributed by atoms with Crippen molar-refractivity contribution in [1.29, 1.82) is 5.26 Å². The van der Waals surface area contributed by atoms with Crippen LogP contribution in [0.4, 0.5) is 5.82 Å². The summed E-state index contributed by atoms with van der Waals surface area (Å²) >= 11 is 0. The molecule has 0 radical (unpaired) electrons. The predicted octanol–water partition coefficient (Wildman–Crippen LogP) is -0.242. The molecule has 0 aliphatic carbocycles. The Hall–Kier alpha value is -1.67. The molecular weight excluding hydrogens is 178 g/mol. The molecule has 1 N–H and O–H groups in total. The lowest BCUT2D eigenvalue weighted by Crippen LogP contribution is -2.44. The molecular formula is C9H11N5. The van der Waals surface area contributed by atoms with Gasteiger partial charge in [-0.15, -0.1) is 5.10 Å². The van der Waals surface area contributed by atoms with Crippen LogP contribution in [0.25, 0.3) is 0 Å². The molecule has 1 saturated heterocycles. The van der Waals surface area contributed by atoms with Crippen LogP contribution in [0.1, 0.15) is 5.56 Å². The maximum Gasteiger partial charge on any atom is 0.152 e. The fourth-order valence-corrected chi connectivity index (χ4v) is 1.47. The summed E-state index contributed by atoms with van der Waals surface area (Å²) in [5, 5.41) is 19.8. The summed E-state index contributed by atoms with van der Waals surface area (Å²) in [6, 6.07) is 3.84. The molecule has 72 valence electrons. The van der Waals surface area contributed by atoms with Crippen molar-refractivity contribution in [3.8, 4) is 6.07 Å². The lowest BCUT2D eigenvalue weighted by atomic mass is 10.3. The predicted molar refractivity (Wildman–Crippen MR) is 51.8 cm³/mol. The van der Waals surface area contributed by atoms with Crippen LogP contribution in [0.15, 0.2) is 12.3 Å². The van der Waals surface area contributed by atoms with E-state index in [1.165, 1.54) is 6.20 Å². The quantitative estimate of drug-likeness (QED) is 0.660. The third kappa shape index (κ3) is 1.80. The van der Waals surface area contributed by atoms with E-state index in [9.17, 15) is 0 Å². The van der Waals surface area contributed by atoms with Gasteiger partial charge in [0, 0.05) is 32.2 Å². The van der Waals surface area contributed by atoms with E-state index in [4.69, 9.17) is 5.26 Å². The second kappa shape index (κ2) is 4.03. The second-order valence-corrected chi connectivity index (χ2v) is 3.15. The Morgan fingerprint density at radius 2 is 2.21 bits per heavy atom. The van der Waals surface area contributed by atoms with Gasteiger partial charge in [0.2, 0.25) is 0 Å². The van der Waals surface area contributed by atoms with Crippen LogP contribution in [0.2, 0.25) is 0 Å². The summed E-state index contributed by atoms with van der Waals surface area (Å²) in [7, 11) is 0. The van der Waals surface area contributed by atoms with Crippen molar-refractivity contribution in [3.05, 3.63) is 17.8 Å². The Balaban J connectivity index is 2.18. The number of piperazine rings is 1. The molecule has 0 atom stereocenters. The van der Waals surface area contributed by atoms with Crippen LogP contribution >= 0.6 is 0 Å². The van der Waals surface area contributed by atoms with Gasteiger partial charge in [0.1, 0.15) is 6.07 Å². The van der Waals surface area contributed by atoms with Crippen molar-refractivity contribution in [3.63, 3.8) is 0 Å². The van der Waals surface area contributed by atoms with Crippen LogP contribution in [0, 0.1) is 11.3 Å². The van der Waals surface area contributed by atoms with E-state index in [2.05, 4.69) is 26.5 Å². The standard InChI is InChI=1S/C9H11N5/c10-6-8-5-9(13-12-7-8)14-3-1-11-2-4-14/h5,7,11H,1-4H2. The zero-order valence-electron chi connectivity index (χ0n) is 7.77. The number of nitrogens with zero attached hydrogens (tertiary/aromatic N) is 4. The maximum absolute atomic E-state index is 8.71. The molecule has 1 fully saturated rings. The first-order valence-corrected chi connectivity index (χ1v) is 4.58. The molecule has 0 amide bonds. The summed E-state index contributed by atoms with van der Waals surface area (Å²) in [6.45, 7) is 3.75. The third-order valence-corrected chi connectivity index (χ3v) is 2.21. The number of aromatic nitrogens is 2. The normalized spacial score (nSPS) is 16.4.